The molecule has 4 nitrogen and oxygen atoms in total. The van der Waals surface area contributed by atoms with Crippen LogP contribution in [0.4, 0.5) is 0 Å². The van der Waals surface area contributed by atoms with Crippen LogP contribution in [0.3, 0.4) is 0 Å². The van der Waals surface area contributed by atoms with Crippen LogP contribution in [0.25, 0.3) is 0 Å². The van der Waals surface area contributed by atoms with E-state index < -0.39 is 0 Å². The van der Waals surface area contributed by atoms with E-state index in [4.69, 9.17) is 0 Å². The summed E-state index contributed by atoms with van der Waals surface area (Å²) in [6.45, 7) is 13.2. The Bertz CT molecular complexity index is 290. The molecule has 2 fully saturated rings. The molecule has 4 heteroatoms. The Morgan fingerprint density at radius 3 is 2.11 bits per heavy atom. The Morgan fingerprint density at radius 2 is 1.63 bits per heavy atom. The van der Waals surface area contributed by atoms with Crippen molar-refractivity contribution >= 4 is 5.91 Å². The third-order valence-electron chi connectivity index (χ3n) is 4.72. The molecule has 0 atom stereocenters. The maximum Gasteiger partial charge on any atom is 0.222 e. The number of rotatable bonds is 3. The normalized spacial score (nSPS) is 24.1. The van der Waals surface area contributed by atoms with Gasteiger partial charge in [-0.1, -0.05) is 6.92 Å². The maximum absolute atomic E-state index is 11.7. The SMILES string of the molecule is CCC(=O)N1CCC(N2CCN(C(C)C)CC2)CC1. The van der Waals surface area contributed by atoms with Crippen LogP contribution >= 0.6 is 0 Å². The zero-order valence-electron chi connectivity index (χ0n) is 12.8. The Balaban J connectivity index is 1.75. The molecule has 0 radical (unpaired) electrons. The minimum Gasteiger partial charge on any atom is -0.343 e. The van der Waals surface area contributed by atoms with Crippen molar-refractivity contribution in [1.29, 1.82) is 0 Å². The fraction of sp³-hybridized carbons (Fsp3) is 0.933. The predicted molar refractivity (Wildman–Crippen MR) is 78.2 cm³/mol. The Kier molecular flexibility index (Phi) is 5.22. The van der Waals surface area contributed by atoms with Gasteiger partial charge in [0, 0.05) is 57.8 Å². The van der Waals surface area contributed by atoms with Crippen molar-refractivity contribution in [3.8, 4) is 0 Å². The molecule has 0 saturated carbocycles. The number of hydrogen-bond donors (Lipinski definition) is 0. The molecular formula is C15H29N3O. The molecule has 0 bridgehead atoms. The summed E-state index contributed by atoms with van der Waals surface area (Å²) in [4.78, 5) is 18.9. The second kappa shape index (κ2) is 6.71. The van der Waals surface area contributed by atoms with Crippen LogP contribution in [0.15, 0.2) is 0 Å². The molecule has 0 aromatic carbocycles. The first-order valence-corrected chi connectivity index (χ1v) is 7.87. The summed E-state index contributed by atoms with van der Waals surface area (Å²) in [5.74, 6) is 0.322. The largest absolute Gasteiger partial charge is 0.343 e. The summed E-state index contributed by atoms with van der Waals surface area (Å²) in [6, 6.07) is 1.38. The molecule has 0 aromatic heterocycles. The van der Waals surface area contributed by atoms with Gasteiger partial charge in [0.05, 0.1) is 0 Å². The molecule has 0 aliphatic carbocycles. The van der Waals surface area contributed by atoms with E-state index >= 15 is 0 Å². The number of carbonyl (C=O) groups excluding carboxylic acids is 1. The van der Waals surface area contributed by atoms with Crippen LogP contribution in [-0.2, 0) is 4.79 Å². The number of piperidine rings is 1. The average molecular weight is 267 g/mol. The van der Waals surface area contributed by atoms with E-state index in [1.54, 1.807) is 0 Å². The molecular weight excluding hydrogens is 238 g/mol. The van der Waals surface area contributed by atoms with Crippen molar-refractivity contribution in [2.24, 2.45) is 0 Å². The topological polar surface area (TPSA) is 26.8 Å². The molecule has 0 spiro atoms. The maximum atomic E-state index is 11.7. The first-order chi connectivity index (χ1) is 9.11. The van der Waals surface area contributed by atoms with Crippen LogP contribution in [0.2, 0.25) is 0 Å². The van der Waals surface area contributed by atoms with Crippen LogP contribution in [-0.4, -0.2) is 72.0 Å². The summed E-state index contributed by atoms with van der Waals surface area (Å²) >= 11 is 0. The third kappa shape index (κ3) is 3.69. The molecule has 1 amide bonds. The quantitative estimate of drug-likeness (QED) is 0.773. The number of amides is 1. The number of piperazine rings is 1. The van der Waals surface area contributed by atoms with Crippen molar-refractivity contribution in [3.63, 3.8) is 0 Å². The van der Waals surface area contributed by atoms with Gasteiger partial charge < -0.3 is 4.90 Å². The molecule has 2 saturated heterocycles. The van der Waals surface area contributed by atoms with Crippen molar-refractivity contribution in [1.82, 2.24) is 14.7 Å². The van der Waals surface area contributed by atoms with Gasteiger partial charge in [-0.15, -0.1) is 0 Å². The zero-order chi connectivity index (χ0) is 13.8. The summed E-state index contributed by atoms with van der Waals surface area (Å²) in [5.41, 5.74) is 0. The van der Waals surface area contributed by atoms with Gasteiger partial charge in [0.15, 0.2) is 0 Å². The monoisotopic (exact) mass is 267 g/mol. The van der Waals surface area contributed by atoms with Gasteiger partial charge in [0.25, 0.3) is 0 Å². The number of carbonyl (C=O) groups is 1. The van der Waals surface area contributed by atoms with Crippen LogP contribution in [0, 0.1) is 0 Å². The number of hydrogen-bond acceptors (Lipinski definition) is 3. The lowest BCUT2D eigenvalue weighted by atomic mass is 10.0. The molecule has 2 aliphatic rings. The van der Waals surface area contributed by atoms with E-state index in [1.165, 1.54) is 26.2 Å². The van der Waals surface area contributed by atoms with Crippen molar-refractivity contribution < 1.29 is 4.79 Å². The summed E-state index contributed by atoms with van der Waals surface area (Å²) < 4.78 is 0. The van der Waals surface area contributed by atoms with E-state index in [1.807, 2.05) is 11.8 Å². The summed E-state index contributed by atoms with van der Waals surface area (Å²) in [5, 5.41) is 0. The standard InChI is InChI=1S/C15H29N3O/c1-4-15(19)18-7-5-14(6-8-18)17-11-9-16(10-12-17)13(2)3/h13-14H,4-12H2,1-3H3. The van der Waals surface area contributed by atoms with Gasteiger partial charge >= 0.3 is 0 Å². The van der Waals surface area contributed by atoms with E-state index in [2.05, 4.69) is 23.6 Å². The van der Waals surface area contributed by atoms with Crippen LogP contribution < -0.4 is 0 Å². The van der Waals surface area contributed by atoms with Crippen molar-refractivity contribution in [2.45, 2.75) is 52.1 Å². The van der Waals surface area contributed by atoms with E-state index in [-0.39, 0.29) is 0 Å². The van der Waals surface area contributed by atoms with Crippen LogP contribution in [0.1, 0.15) is 40.0 Å². The lowest BCUT2D eigenvalue weighted by molar-refractivity contribution is -0.132. The summed E-state index contributed by atoms with van der Waals surface area (Å²) in [7, 11) is 0. The van der Waals surface area contributed by atoms with E-state index in [0.29, 0.717) is 24.4 Å². The zero-order valence-corrected chi connectivity index (χ0v) is 12.8. The minimum atomic E-state index is 0.322. The molecule has 2 heterocycles. The van der Waals surface area contributed by atoms with Gasteiger partial charge in [0.2, 0.25) is 5.91 Å². The minimum absolute atomic E-state index is 0.322. The molecule has 2 rings (SSSR count). The third-order valence-corrected chi connectivity index (χ3v) is 4.72. The predicted octanol–water partition coefficient (Wildman–Crippen LogP) is 1.41. The Morgan fingerprint density at radius 1 is 1.05 bits per heavy atom. The fourth-order valence-corrected chi connectivity index (χ4v) is 3.32. The molecule has 2 aliphatic heterocycles. The Labute approximate surface area is 117 Å². The smallest absolute Gasteiger partial charge is 0.222 e. The second-order valence-corrected chi connectivity index (χ2v) is 6.13. The number of nitrogens with zero attached hydrogens (tertiary/aromatic N) is 3. The highest BCUT2D eigenvalue weighted by atomic mass is 16.2. The molecule has 19 heavy (non-hydrogen) atoms. The number of likely N-dealkylation sites (tertiary alicyclic amines) is 1. The summed E-state index contributed by atoms with van der Waals surface area (Å²) in [6.07, 6.45) is 2.97. The lowest BCUT2D eigenvalue weighted by Gasteiger charge is -2.43. The first-order valence-electron chi connectivity index (χ1n) is 7.87. The highest BCUT2D eigenvalue weighted by Gasteiger charge is 2.28. The van der Waals surface area contributed by atoms with E-state index in [9.17, 15) is 4.79 Å². The second-order valence-electron chi connectivity index (χ2n) is 6.13. The Hall–Kier alpha value is -0.610. The van der Waals surface area contributed by atoms with Crippen molar-refractivity contribution in [3.05, 3.63) is 0 Å². The fourth-order valence-electron chi connectivity index (χ4n) is 3.32. The van der Waals surface area contributed by atoms with Gasteiger partial charge in [-0.05, 0) is 26.7 Å². The van der Waals surface area contributed by atoms with E-state index in [0.717, 1.165) is 25.9 Å². The first kappa shape index (κ1) is 14.8. The lowest BCUT2D eigenvalue weighted by Crippen LogP contribution is -2.54. The highest BCUT2D eigenvalue weighted by molar-refractivity contribution is 5.75. The average Bonchev–Trinajstić information content (AvgIpc) is 2.46. The van der Waals surface area contributed by atoms with Gasteiger partial charge in [-0.2, -0.15) is 0 Å². The van der Waals surface area contributed by atoms with Crippen LogP contribution in [0.5, 0.6) is 0 Å². The van der Waals surface area contributed by atoms with Gasteiger partial charge in [0.1, 0.15) is 0 Å². The molecule has 0 unspecified atom stereocenters. The van der Waals surface area contributed by atoms with Gasteiger partial charge in [-0.25, -0.2) is 0 Å². The van der Waals surface area contributed by atoms with Crippen molar-refractivity contribution in [2.75, 3.05) is 39.3 Å². The molecule has 0 aromatic rings. The molecule has 110 valence electrons. The highest BCUT2D eigenvalue weighted by Crippen LogP contribution is 2.19. The van der Waals surface area contributed by atoms with Gasteiger partial charge in [-0.3, -0.25) is 14.6 Å². The molecule has 0 N–H and O–H groups in total.